The van der Waals surface area contributed by atoms with Gasteiger partial charge in [-0.15, -0.1) is 0 Å². The summed E-state index contributed by atoms with van der Waals surface area (Å²) in [6, 6.07) is 0. The fourth-order valence-electron chi connectivity index (χ4n) is 7.95. The summed E-state index contributed by atoms with van der Waals surface area (Å²) in [6.07, 6.45) is 20.7. The fraction of sp³-hybridized carbons (Fsp3) is 0.880. The number of rotatable bonds is 39. The van der Waals surface area contributed by atoms with E-state index < -0.39 is 92.7 Å². The molecule has 380 valence electrons. The van der Waals surface area contributed by atoms with Crippen LogP contribution in [-0.4, -0.2) is 142 Å². The zero-order chi connectivity index (χ0) is 47.5. The van der Waals surface area contributed by atoms with Gasteiger partial charge >= 0.3 is 11.9 Å². The summed E-state index contributed by atoms with van der Waals surface area (Å²) in [4.78, 5) is 25.7. The van der Waals surface area contributed by atoms with Gasteiger partial charge < -0.3 is 64.2 Å². The first-order valence-corrected chi connectivity index (χ1v) is 25.4. The number of carbonyl (C=O) groups is 2. The number of esters is 2. The van der Waals surface area contributed by atoms with E-state index in [1.807, 2.05) is 0 Å². The van der Waals surface area contributed by atoms with Crippen molar-refractivity contribution in [3.63, 3.8) is 0 Å². The van der Waals surface area contributed by atoms with E-state index in [9.17, 15) is 45.3 Å². The first kappa shape index (κ1) is 59.1. The summed E-state index contributed by atoms with van der Waals surface area (Å²) in [7, 11) is 0. The summed E-state index contributed by atoms with van der Waals surface area (Å²) in [6.45, 7) is 2.55. The van der Waals surface area contributed by atoms with E-state index in [0.717, 1.165) is 57.8 Å². The third kappa shape index (κ3) is 26.4. The van der Waals surface area contributed by atoms with Crippen LogP contribution in [0.1, 0.15) is 187 Å². The maximum Gasteiger partial charge on any atom is 0.306 e. The lowest BCUT2D eigenvalue weighted by atomic mass is 9.98. The predicted molar refractivity (Wildman–Crippen MR) is 247 cm³/mol. The van der Waals surface area contributed by atoms with Gasteiger partial charge in [0.1, 0.15) is 55.4 Å². The molecule has 15 heteroatoms. The fourth-order valence-corrected chi connectivity index (χ4v) is 7.95. The molecular formula is C50H90O15. The highest BCUT2D eigenvalue weighted by Crippen LogP contribution is 2.26. The second-order valence-corrected chi connectivity index (χ2v) is 18.0. The Morgan fingerprint density at radius 2 is 0.923 bits per heavy atom. The van der Waals surface area contributed by atoms with Crippen LogP contribution >= 0.6 is 0 Å². The summed E-state index contributed by atoms with van der Waals surface area (Å²) >= 11 is 0. The van der Waals surface area contributed by atoms with Gasteiger partial charge in [-0.05, 0) is 44.9 Å². The largest absolute Gasteiger partial charge is 0.462 e. The number of carbonyl (C=O) groups excluding carboxylic acids is 2. The molecule has 15 nitrogen and oxygen atoms in total. The topological polar surface area (TPSA) is 231 Å². The van der Waals surface area contributed by atoms with Crippen LogP contribution in [0.15, 0.2) is 24.3 Å². The molecule has 0 radical (unpaired) electrons. The van der Waals surface area contributed by atoms with Gasteiger partial charge in [-0.25, -0.2) is 0 Å². The second kappa shape index (κ2) is 37.9. The lowest BCUT2D eigenvalue weighted by Crippen LogP contribution is -2.61. The molecule has 0 bridgehead atoms. The summed E-state index contributed by atoms with van der Waals surface area (Å²) in [5.41, 5.74) is 0. The van der Waals surface area contributed by atoms with E-state index in [1.165, 1.54) is 89.9 Å². The van der Waals surface area contributed by atoms with Gasteiger partial charge in [-0.2, -0.15) is 0 Å². The molecule has 65 heavy (non-hydrogen) atoms. The van der Waals surface area contributed by atoms with Crippen molar-refractivity contribution in [3.8, 4) is 0 Å². The molecule has 0 aliphatic carbocycles. The standard InChI is InChI=1S/C50H90O15/c1-3-5-7-9-11-13-15-16-17-18-19-20-21-22-23-25-27-29-31-33-42(53)63-38(35-60-41(52)32-30-28-26-24-14-12-10-8-6-4-2)36-61-49-48(59)46(57)44(55)40(65-49)37-62-50-47(58)45(56)43(54)39(34-51)64-50/h11,13,16-17,38-40,43-51,54-59H,3-10,12,14-15,18-37H2,1-2H3/b13-11-,17-16-. The van der Waals surface area contributed by atoms with Crippen molar-refractivity contribution in [3.05, 3.63) is 24.3 Å². The number of hydrogen-bond acceptors (Lipinski definition) is 15. The van der Waals surface area contributed by atoms with Gasteiger partial charge in [-0.3, -0.25) is 9.59 Å². The van der Waals surface area contributed by atoms with Crippen LogP contribution in [0.4, 0.5) is 0 Å². The first-order chi connectivity index (χ1) is 31.5. The normalized spacial score (nSPS) is 26.5. The van der Waals surface area contributed by atoms with Crippen LogP contribution in [0, 0.1) is 0 Å². The molecule has 0 saturated carbocycles. The smallest absolute Gasteiger partial charge is 0.306 e. The number of ether oxygens (including phenoxy) is 6. The molecule has 0 aromatic heterocycles. The predicted octanol–water partition coefficient (Wildman–Crippen LogP) is 6.77. The highest BCUT2D eigenvalue weighted by Gasteiger charge is 2.47. The Kier molecular flexibility index (Phi) is 34.5. The molecule has 11 atom stereocenters. The van der Waals surface area contributed by atoms with E-state index in [-0.39, 0.29) is 26.1 Å². The van der Waals surface area contributed by atoms with E-state index in [2.05, 4.69) is 38.2 Å². The molecule has 2 heterocycles. The molecule has 0 spiro atoms. The minimum absolute atomic E-state index is 0.163. The number of aliphatic hydroxyl groups is 7. The Morgan fingerprint density at radius 1 is 0.492 bits per heavy atom. The van der Waals surface area contributed by atoms with Crippen molar-refractivity contribution in [2.75, 3.05) is 26.4 Å². The number of aliphatic hydroxyl groups excluding tert-OH is 7. The number of allylic oxidation sites excluding steroid dienone is 4. The summed E-state index contributed by atoms with van der Waals surface area (Å²) in [5.74, 6) is -0.926. The molecule has 2 rings (SSSR count). The van der Waals surface area contributed by atoms with Gasteiger partial charge in [0.2, 0.25) is 0 Å². The molecule has 2 aliphatic heterocycles. The Hall–Kier alpha value is -2.02. The van der Waals surface area contributed by atoms with Gasteiger partial charge in [0.05, 0.1) is 19.8 Å². The monoisotopic (exact) mass is 931 g/mol. The minimum atomic E-state index is -1.76. The molecule has 7 N–H and O–H groups in total. The van der Waals surface area contributed by atoms with Crippen LogP contribution in [0.2, 0.25) is 0 Å². The summed E-state index contributed by atoms with van der Waals surface area (Å²) < 4.78 is 33.5. The van der Waals surface area contributed by atoms with E-state index in [4.69, 9.17) is 28.4 Å². The van der Waals surface area contributed by atoms with Crippen molar-refractivity contribution in [2.45, 2.75) is 255 Å². The highest BCUT2D eigenvalue weighted by molar-refractivity contribution is 5.70. The Labute approximate surface area is 390 Å². The van der Waals surface area contributed by atoms with E-state index in [1.54, 1.807) is 0 Å². The van der Waals surface area contributed by atoms with Crippen molar-refractivity contribution in [1.82, 2.24) is 0 Å². The van der Waals surface area contributed by atoms with Crippen LogP contribution < -0.4 is 0 Å². The van der Waals surface area contributed by atoms with Crippen LogP contribution in [0.5, 0.6) is 0 Å². The van der Waals surface area contributed by atoms with E-state index >= 15 is 0 Å². The van der Waals surface area contributed by atoms with Crippen molar-refractivity contribution in [1.29, 1.82) is 0 Å². The molecule has 0 aromatic carbocycles. The first-order valence-electron chi connectivity index (χ1n) is 25.4. The van der Waals surface area contributed by atoms with Crippen LogP contribution in [-0.2, 0) is 38.0 Å². The van der Waals surface area contributed by atoms with Crippen molar-refractivity contribution < 1.29 is 73.8 Å². The van der Waals surface area contributed by atoms with Gasteiger partial charge in [-0.1, -0.05) is 154 Å². The average Bonchev–Trinajstić information content (AvgIpc) is 3.30. The highest BCUT2D eigenvalue weighted by atomic mass is 16.7. The minimum Gasteiger partial charge on any atom is -0.462 e. The molecule has 2 aliphatic rings. The quantitative estimate of drug-likeness (QED) is 0.0192. The molecular weight excluding hydrogens is 841 g/mol. The van der Waals surface area contributed by atoms with Crippen LogP contribution in [0.25, 0.3) is 0 Å². The average molecular weight is 931 g/mol. The van der Waals surface area contributed by atoms with Crippen molar-refractivity contribution >= 4 is 11.9 Å². The molecule has 11 unspecified atom stereocenters. The zero-order valence-electron chi connectivity index (χ0n) is 40.0. The Morgan fingerprint density at radius 3 is 1.46 bits per heavy atom. The third-order valence-corrected chi connectivity index (χ3v) is 12.2. The lowest BCUT2D eigenvalue weighted by Gasteiger charge is -2.42. The van der Waals surface area contributed by atoms with Gasteiger partial charge in [0.15, 0.2) is 18.7 Å². The van der Waals surface area contributed by atoms with Gasteiger partial charge in [0, 0.05) is 12.8 Å². The van der Waals surface area contributed by atoms with Crippen LogP contribution in [0.3, 0.4) is 0 Å². The SMILES string of the molecule is CCCCC/C=C\C/C=C\CCCCCCCCCCCC(=O)OC(COC(=O)CCCCCCCCCCCC)COC1OC(COC2OC(CO)C(O)C(O)C2O)C(O)C(O)C1O. The lowest BCUT2D eigenvalue weighted by molar-refractivity contribution is -0.332. The molecule has 2 fully saturated rings. The zero-order valence-corrected chi connectivity index (χ0v) is 40.0. The Balaban J connectivity index is 1.79. The Bertz CT molecular complexity index is 1230. The van der Waals surface area contributed by atoms with Crippen molar-refractivity contribution in [2.24, 2.45) is 0 Å². The third-order valence-electron chi connectivity index (χ3n) is 12.2. The maximum atomic E-state index is 13.0. The van der Waals surface area contributed by atoms with Gasteiger partial charge in [0.25, 0.3) is 0 Å². The molecule has 0 aromatic rings. The molecule has 2 saturated heterocycles. The summed E-state index contributed by atoms with van der Waals surface area (Å²) in [5, 5.41) is 72.0. The maximum absolute atomic E-state index is 13.0. The molecule has 0 amide bonds. The second-order valence-electron chi connectivity index (χ2n) is 18.0. The van der Waals surface area contributed by atoms with E-state index in [0.29, 0.717) is 12.8 Å². The number of hydrogen-bond donors (Lipinski definition) is 7. The number of unbranched alkanes of at least 4 members (excludes halogenated alkanes) is 21.